The predicted molar refractivity (Wildman–Crippen MR) is 75.4 cm³/mol. The van der Waals surface area contributed by atoms with E-state index in [1.165, 1.54) is 19.1 Å². The van der Waals surface area contributed by atoms with Gasteiger partial charge < -0.3 is 9.47 Å². The summed E-state index contributed by atoms with van der Waals surface area (Å²) < 4.78 is 9.83. The first-order chi connectivity index (χ1) is 10.0. The normalized spacial score (nSPS) is 18.4. The lowest BCUT2D eigenvalue weighted by Crippen LogP contribution is -2.34. The van der Waals surface area contributed by atoms with Crippen LogP contribution >= 0.6 is 0 Å². The highest BCUT2D eigenvalue weighted by atomic mass is 16.5. The molecule has 1 aliphatic heterocycles. The van der Waals surface area contributed by atoms with Crippen molar-refractivity contribution in [3.63, 3.8) is 0 Å². The molecule has 0 aromatic heterocycles. The highest BCUT2D eigenvalue weighted by molar-refractivity contribution is 6.25. The van der Waals surface area contributed by atoms with Gasteiger partial charge in [-0.2, -0.15) is 0 Å². The zero-order valence-electron chi connectivity index (χ0n) is 11.7. The van der Waals surface area contributed by atoms with Crippen molar-refractivity contribution >= 4 is 23.6 Å². The summed E-state index contributed by atoms with van der Waals surface area (Å²) >= 11 is 0. The number of carbonyl (C=O) groups is 3. The Morgan fingerprint density at radius 2 is 1.90 bits per heavy atom. The summed E-state index contributed by atoms with van der Waals surface area (Å²) in [6.45, 7) is 1.49. The Hall–Kier alpha value is -2.69. The number of allylic oxidation sites excluding steroid dienone is 3. The van der Waals surface area contributed by atoms with Gasteiger partial charge >= 0.3 is 5.97 Å². The lowest BCUT2D eigenvalue weighted by molar-refractivity contribution is -0.151. The zero-order chi connectivity index (χ0) is 15.4. The Bertz CT molecular complexity index is 637. The maximum Gasteiger partial charge on any atom is 0.329 e. The summed E-state index contributed by atoms with van der Waals surface area (Å²) in [6.07, 6.45) is 3.90. The van der Waals surface area contributed by atoms with Crippen LogP contribution in [-0.2, 0) is 19.1 Å². The molecule has 0 fully saturated rings. The highest BCUT2D eigenvalue weighted by Gasteiger charge is 2.36. The van der Waals surface area contributed by atoms with Crippen LogP contribution in [0.25, 0.3) is 6.08 Å². The van der Waals surface area contributed by atoms with Crippen LogP contribution in [0.2, 0.25) is 0 Å². The molecule has 0 saturated heterocycles. The lowest BCUT2D eigenvalue weighted by Gasteiger charge is -2.15. The molecule has 1 heterocycles. The fourth-order valence-electron chi connectivity index (χ4n) is 1.89. The minimum absolute atomic E-state index is 0.202. The van der Waals surface area contributed by atoms with Crippen molar-refractivity contribution in [2.75, 3.05) is 7.11 Å². The largest absolute Gasteiger partial charge is 0.497 e. The van der Waals surface area contributed by atoms with Gasteiger partial charge in [-0.05, 0) is 30.7 Å². The third-order valence-corrected chi connectivity index (χ3v) is 2.97. The van der Waals surface area contributed by atoms with E-state index in [-0.39, 0.29) is 5.76 Å². The number of cyclic esters (lactones) is 1. The van der Waals surface area contributed by atoms with E-state index in [0.29, 0.717) is 5.75 Å². The van der Waals surface area contributed by atoms with Gasteiger partial charge in [-0.15, -0.1) is 0 Å². The SMILES string of the molecule is COc1ccc(/C=C/C(=O)[C@@H]2C(=O)C=C(C)OC2=O)cc1. The predicted octanol–water partition coefficient (Wildman–Crippen LogP) is 1.92. The van der Waals surface area contributed by atoms with Crippen molar-refractivity contribution in [2.24, 2.45) is 5.92 Å². The molecule has 0 N–H and O–H groups in total. The molecule has 1 atom stereocenters. The van der Waals surface area contributed by atoms with Gasteiger partial charge in [-0.3, -0.25) is 14.4 Å². The van der Waals surface area contributed by atoms with Crippen molar-refractivity contribution in [1.82, 2.24) is 0 Å². The number of hydrogen-bond acceptors (Lipinski definition) is 5. The standard InChI is InChI=1S/C16H14O5/c1-10-9-14(18)15(16(19)21-10)13(17)8-5-11-3-6-12(20-2)7-4-11/h3-9,15H,1-2H3/b8-5+/t15-/m1/s1. The molecule has 1 aliphatic rings. The number of benzene rings is 1. The number of esters is 1. The van der Waals surface area contributed by atoms with Crippen molar-refractivity contribution in [1.29, 1.82) is 0 Å². The second kappa shape index (κ2) is 6.17. The Kier molecular flexibility index (Phi) is 4.33. The summed E-state index contributed by atoms with van der Waals surface area (Å²) in [5, 5.41) is 0. The van der Waals surface area contributed by atoms with E-state index < -0.39 is 23.5 Å². The molecule has 5 heteroatoms. The Balaban J connectivity index is 2.11. The molecule has 0 radical (unpaired) electrons. The van der Waals surface area contributed by atoms with Crippen molar-refractivity contribution < 1.29 is 23.9 Å². The molecular weight excluding hydrogens is 272 g/mol. The van der Waals surface area contributed by atoms with E-state index in [0.717, 1.165) is 11.6 Å². The lowest BCUT2D eigenvalue weighted by atomic mass is 9.96. The van der Waals surface area contributed by atoms with E-state index in [9.17, 15) is 14.4 Å². The van der Waals surface area contributed by atoms with E-state index in [1.807, 2.05) is 0 Å². The molecule has 0 saturated carbocycles. The van der Waals surface area contributed by atoms with Crippen LogP contribution in [-0.4, -0.2) is 24.6 Å². The van der Waals surface area contributed by atoms with E-state index in [1.54, 1.807) is 31.4 Å². The Morgan fingerprint density at radius 3 is 2.48 bits per heavy atom. The first-order valence-corrected chi connectivity index (χ1v) is 6.31. The van der Waals surface area contributed by atoms with E-state index in [4.69, 9.17) is 9.47 Å². The summed E-state index contributed by atoms with van der Waals surface area (Å²) in [4.78, 5) is 35.3. The molecule has 0 unspecified atom stereocenters. The summed E-state index contributed by atoms with van der Waals surface area (Å²) in [5.41, 5.74) is 0.757. The number of methoxy groups -OCH3 is 1. The van der Waals surface area contributed by atoms with Crippen LogP contribution in [0, 0.1) is 5.92 Å². The van der Waals surface area contributed by atoms with Gasteiger partial charge in [-0.1, -0.05) is 18.2 Å². The van der Waals surface area contributed by atoms with E-state index >= 15 is 0 Å². The maximum absolute atomic E-state index is 12.0. The number of hydrogen-bond donors (Lipinski definition) is 0. The van der Waals surface area contributed by atoms with Crippen LogP contribution in [0.15, 0.2) is 42.2 Å². The van der Waals surface area contributed by atoms with Gasteiger partial charge in [0.2, 0.25) is 0 Å². The average Bonchev–Trinajstić information content (AvgIpc) is 2.44. The van der Waals surface area contributed by atoms with Crippen molar-refractivity contribution in [3.05, 3.63) is 47.7 Å². The minimum Gasteiger partial charge on any atom is -0.497 e. The van der Waals surface area contributed by atoms with Crippen LogP contribution in [0.1, 0.15) is 12.5 Å². The summed E-state index contributed by atoms with van der Waals surface area (Å²) in [6, 6.07) is 7.01. The highest BCUT2D eigenvalue weighted by Crippen LogP contribution is 2.17. The zero-order valence-corrected chi connectivity index (χ0v) is 11.7. The minimum atomic E-state index is -1.40. The number of carbonyl (C=O) groups excluding carboxylic acids is 3. The van der Waals surface area contributed by atoms with Gasteiger partial charge in [0.1, 0.15) is 11.5 Å². The third kappa shape index (κ3) is 3.45. The molecule has 1 aromatic carbocycles. The van der Waals surface area contributed by atoms with Gasteiger partial charge in [0.25, 0.3) is 0 Å². The van der Waals surface area contributed by atoms with Crippen LogP contribution < -0.4 is 4.74 Å². The monoisotopic (exact) mass is 286 g/mol. The molecule has 5 nitrogen and oxygen atoms in total. The number of ketones is 2. The van der Waals surface area contributed by atoms with Crippen molar-refractivity contribution in [2.45, 2.75) is 6.92 Å². The molecule has 108 valence electrons. The molecule has 2 rings (SSSR count). The molecule has 0 spiro atoms. The number of rotatable bonds is 4. The van der Waals surface area contributed by atoms with Crippen LogP contribution in [0.4, 0.5) is 0 Å². The summed E-state index contributed by atoms with van der Waals surface area (Å²) in [5.74, 6) is -2.47. The first-order valence-electron chi connectivity index (χ1n) is 6.31. The Labute approximate surface area is 121 Å². The average molecular weight is 286 g/mol. The van der Waals surface area contributed by atoms with Crippen LogP contribution in [0.3, 0.4) is 0 Å². The number of ether oxygens (including phenoxy) is 2. The fourth-order valence-corrected chi connectivity index (χ4v) is 1.89. The van der Waals surface area contributed by atoms with Gasteiger partial charge in [0.05, 0.1) is 7.11 Å². The van der Waals surface area contributed by atoms with Gasteiger partial charge in [0, 0.05) is 6.08 Å². The van der Waals surface area contributed by atoms with Gasteiger partial charge in [0.15, 0.2) is 17.5 Å². The van der Waals surface area contributed by atoms with Gasteiger partial charge in [-0.25, -0.2) is 0 Å². The second-order valence-corrected chi connectivity index (χ2v) is 4.52. The topological polar surface area (TPSA) is 69.7 Å². The smallest absolute Gasteiger partial charge is 0.329 e. The molecule has 21 heavy (non-hydrogen) atoms. The first kappa shape index (κ1) is 14.7. The Morgan fingerprint density at radius 1 is 1.24 bits per heavy atom. The fraction of sp³-hybridized carbons (Fsp3) is 0.188. The van der Waals surface area contributed by atoms with E-state index in [2.05, 4.69) is 0 Å². The summed E-state index contributed by atoms with van der Waals surface area (Å²) in [7, 11) is 1.56. The van der Waals surface area contributed by atoms with Crippen molar-refractivity contribution in [3.8, 4) is 5.75 Å². The molecule has 0 bridgehead atoms. The van der Waals surface area contributed by atoms with Crippen LogP contribution in [0.5, 0.6) is 5.75 Å². The maximum atomic E-state index is 12.0. The third-order valence-electron chi connectivity index (χ3n) is 2.97. The molecule has 0 aliphatic carbocycles. The molecule has 0 amide bonds. The molecular formula is C16H14O5. The second-order valence-electron chi connectivity index (χ2n) is 4.52. The molecule has 1 aromatic rings. The quantitative estimate of drug-likeness (QED) is 0.480.